The molecule has 0 spiro atoms. The molecule has 4 nitrogen and oxygen atoms in total. The van der Waals surface area contributed by atoms with Gasteiger partial charge in [0.25, 0.3) is 0 Å². The number of anilines is 2. The quantitative estimate of drug-likeness (QED) is 0.382. The Bertz CT molecular complexity index is 1300. The number of fused-ring (bicyclic) bond motifs is 2. The van der Waals surface area contributed by atoms with E-state index in [1.807, 2.05) is 48.5 Å². The minimum Gasteiger partial charge on any atom is -0.325 e. The molecule has 2 amide bonds. The van der Waals surface area contributed by atoms with Crippen LogP contribution in [0, 0.1) is 0 Å². The Labute approximate surface area is 205 Å². The Kier molecular flexibility index (Phi) is 5.42. The normalized spacial score (nSPS) is 18.1. The van der Waals surface area contributed by atoms with Gasteiger partial charge in [0.05, 0.1) is 11.8 Å². The fourth-order valence-corrected chi connectivity index (χ4v) is 5.25. The summed E-state index contributed by atoms with van der Waals surface area (Å²) < 4.78 is 0. The molecule has 0 bridgehead atoms. The summed E-state index contributed by atoms with van der Waals surface area (Å²) in [7, 11) is 0. The lowest BCUT2D eigenvalue weighted by atomic mass is 9.91. The third-order valence-corrected chi connectivity index (χ3v) is 7.15. The van der Waals surface area contributed by atoms with E-state index in [4.69, 9.17) is 0 Å². The standard InChI is InChI=1S/C31H26N2O2/c34-30-26(24-5-1-3-7-28(24)32-30)18-22-13-9-20(10-14-22)17-21-11-15-23(16-12-21)19-27-25-6-2-4-8-29(25)33-31(27)35/h1-16,26-27H,17-19H2,(H,32,34)(H,33,35). The van der Waals surface area contributed by atoms with Crippen LogP contribution in [0.2, 0.25) is 0 Å². The highest BCUT2D eigenvalue weighted by atomic mass is 16.2. The van der Waals surface area contributed by atoms with Crippen LogP contribution in [0.5, 0.6) is 0 Å². The van der Waals surface area contributed by atoms with E-state index in [0.29, 0.717) is 12.8 Å². The van der Waals surface area contributed by atoms with Crippen molar-refractivity contribution in [3.05, 3.63) is 130 Å². The molecule has 0 radical (unpaired) electrons. The van der Waals surface area contributed by atoms with Crippen molar-refractivity contribution in [2.75, 3.05) is 10.6 Å². The van der Waals surface area contributed by atoms with E-state index in [0.717, 1.165) is 40.0 Å². The van der Waals surface area contributed by atoms with Gasteiger partial charge in [-0.15, -0.1) is 0 Å². The molecule has 0 aromatic heterocycles. The summed E-state index contributed by atoms with van der Waals surface area (Å²) >= 11 is 0. The van der Waals surface area contributed by atoms with Gasteiger partial charge in [-0.1, -0.05) is 84.9 Å². The van der Waals surface area contributed by atoms with E-state index in [1.54, 1.807) is 0 Å². The van der Waals surface area contributed by atoms with Gasteiger partial charge in [-0.25, -0.2) is 0 Å². The molecular formula is C31H26N2O2. The van der Waals surface area contributed by atoms with E-state index in [1.165, 1.54) is 11.1 Å². The average molecular weight is 459 g/mol. The zero-order valence-electron chi connectivity index (χ0n) is 19.3. The molecule has 2 heterocycles. The lowest BCUT2D eigenvalue weighted by Crippen LogP contribution is -2.14. The van der Waals surface area contributed by atoms with Crippen LogP contribution >= 0.6 is 0 Å². The van der Waals surface area contributed by atoms with Crippen LogP contribution in [-0.2, 0) is 28.9 Å². The second-order valence-corrected chi connectivity index (χ2v) is 9.48. The summed E-state index contributed by atoms with van der Waals surface area (Å²) in [5.41, 5.74) is 8.83. The van der Waals surface area contributed by atoms with Crippen molar-refractivity contribution in [3.63, 3.8) is 0 Å². The van der Waals surface area contributed by atoms with Gasteiger partial charge in [0.2, 0.25) is 11.8 Å². The number of amides is 2. The fraction of sp³-hybridized carbons (Fsp3) is 0.161. The smallest absolute Gasteiger partial charge is 0.232 e. The topological polar surface area (TPSA) is 58.2 Å². The van der Waals surface area contributed by atoms with E-state index < -0.39 is 0 Å². The van der Waals surface area contributed by atoms with Crippen LogP contribution in [0.3, 0.4) is 0 Å². The van der Waals surface area contributed by atoms with Crippen LogP contribution in [0.4, 0.5) is 11.4 Å². The molecule has 6 rings (SSSR count). The van der Waals surface area contributed by atoms with Gasteiger partial charge in [-0.05, 0) is 64.8 Å². The number of rotatable bonds is 6. The van der Waals surface area contributed by atoms with Gasteiger partial charge in [0.1, 0.15) is 0 Å². The number of hydrogen-bond donors (Lipinski definition) is 2. The van der Waals surface area contributed by atoms with Crippen molar-refractivity contribution in [1.82, 2.24) is 0 Å². The first-order chi connectivity index (χ1) is 17.1. The molecular weight excluding hydrogens is 432 g/mol. The number of carbonyl (C=O) groups excluding carboxylic acids is 2. The Morgan fingerprint density at radius 3 is 1.29 bits per heavy atom. The average Bonchev–Trinajstić information content (AvgIpc) is 3.37. The number of carbonyl (C=O) groups is 2. The van der Waals surface area contributed by atoms with E-state index in [2.05, 4.69) is 59.2 Å². The van der Waals surface area contributed by atoms with E-state index >= 15 is 0 Å². The van der Waals surface area contributed by atoms with Crippen LogP contribution in [0.25, 0.3) is 0 Å². The largest absolute Gasteiger partial charge is 0.325 e. The molecule has 172 valence electrons. The van der Waals surface area contributed by atoms with Crippen LogP contribution in [0.15, 0.2) is 97.1 Å². The predicted octanol–water partition coefficient (Wildman–Crippen LogP) is 5.83. The highest BCUT2D eigenvalue weighted by Gasteiger charge is 2.31. The Hall–Kier alpha value is -4.18. The SMILES string of the molecule is O=C1Nc2ccccc2C1Cc1ccc(Cc2ccc(CC3C(=O)Nc4ccccc43)cc2)cc1. The van der Waals surface area contributed by atoms with E-state index in [9.17, 15) is 9.59 Å². The van der Waals surface area contributed by atoms with Crippen molar-refractivity contribution >= 4 is 23.2 Å². The van der Waals surface area contributed by atoms with Gasteiger partial charge < -0.3 is 10.6 Å². The van der Waals surface area contributed by atoms with Gasteiger partial charge >= 0.3 is 0 Å². The van der Waals surface area contributed by atoms with Gasteiger partial charge in [-0.3, -0.25) is 9.59 Å². The molecule has 4 aromatic carbocycles. The molecule has 2 N–H and O–H groups in total. The van der Waals surface area contributed by atoms with Gasteiger partial charge in [0, 0.05) is 11.4 Å². The molecule has 0 aliphatic carbocycles. The zero-order valence-corrected chi connectivity index (χ0v) is 19.3. The predicted molar refractivity (Wildman–Crippen MR) is 139 cm³/mol. The molecule has 4 heteroatoms. The number of benzene rings is 4. The summed E-state index contributed by atoms with van der Waals surface area (Å²) in [5.74, 6) is -0.0973. The van der Waals surface area contributed by atoms with Crippen molar-refractivity contribution in [2.45, 2.75) is 31.1 Å². The first-order valence-electron chi connectivity index (χ1n) is 12.1. The second kappa shape index (κ2) is 8.88. The third kappa shape index (κ3) is 4.24. The molecule has 2 unspecified atom stereocenters. The molecule has 0 saturated heterocycles. The summed E-state index contributed by atoms with van der Waals surface area (Å²) in [6.07, 6.45) is 2.26. The maximum absolute atomic E-state index is 12.4. The Morgan fingerprint density at radius 2 is 0.857 bits per heavy atom. The van der Waals surface area contributed by atoms with E-state index in [-0.39, 0.29) is 23.7 Å². The minimum absolute atomic E-state index is 0.0777. The lowest BCUT2D eigenvalue weighted by molar-refractivity contribution is -0.117. The summed E-state index contributed by atoms with van der Waals surface area (Å²) in [4.78, 5) is 24.9. The van der Waals surface area contributed by atoms with Gasteiger partial charge in [0.15, 0.2) is 0 Å². The summed E-state index contributed by atoms with van der Waals surface area (Å²) in [6, 6.07) is 33.0. The highest BCUT2D eigenvalue weighted by molar-refractivity contribution is 6.03. The van der Waals surface area contributed by atoms with Crippen LogP contribution < -0.4 is 10.6 Å². The maximum Gasteiger partial charge on any atom is 0.232 e. The van der Waals surface area contributed by atoms with Gasteiger partial charge in [-0.2, -0.15) is 0 Å². The molecule has 35 heavy (non-hydrogen) atoms. The minimum atomic E-state index is -0.126. The Morgan fingerprint density at radius 1 is 0.486 bits per heavy atom. The van der Waals surface area contributed by atoms with Crippen LogP contribution in [0.1, 0.15) is 45.2 Å². The molecule has 2 aliphatic heterocycles. The molecule has 0 saturated carbocycles. The van der Waals surface area contributed by atoms with Crippen molar-refractivity contribution in [1.29, 1.82) is 0 Å². The summed E-state index contributed by atoms with van der Waals surface area (Å²) in [6.45, 7) is 0. The molecule has 2 atom stereocenters. The molecule has 2 aliphatic rings. The Balaban J connectivity index is 1.09. The number of nitrogens with one attached hydrogen (secondary N) is 2. The van der Waals surface area contributed by atoms with Crippen molar-refractivity contribution in [3.8, 4) is 0 Å². The third-order valence-electron chi connectivity index (χ3n) is 7.15. The number of para-hydroxylation sites is 2. The van der Waals surface area contributed by atoms with Crippen molar-refractivity contribution < 1.29 is 9.59 Å². The fourth-order valence-electron chi connectivity index (χ4n) is 5.25. The zero-order chi connectivity index (χ0) is 23.8. The van der Waals surface area contributed by atoms with Crippen LogP contribution in [-0.4, -0.2) is 11.8 Å². The van der Waals surface area contributed by atoms with Crippen molar-refractivity contribution in [2.24, 2.45) is 0 Å². The second-order valence-electron chi connectivity index (χ2n) is 9.48. The lowest BCUT2D eigenvalue weighted by Gasteiger charge is -2.11. The highest BCUT2D eigenvalue weighted by Crippen LogP contribution is 2.35. The maximum atomic E-state index is 12.4. The molecule has 0 fully saturated rings. The monoisotopic (exact) mass is 458 g/mol. The summed E-state index contributed by atoms with van der Waals surface area (Å²) in [5, 5.41) is 5.97. The first kappa shape index (κ1) is 21.4. The number of hydrogen-bond acceptors (Lipinski definition) is 2. The first-order valence-corrected chi connectivity index (χ1v) is 12.1. The molecule has 4 aromatic rings.